The van der Waals surface area contributed by atoms with E-state index in [2.05, 4.69) is 45.2 Å². The van der Waals surface area contributed by atoms with E-state index >= 15 is 0 Å². The fraction of sp³-hybridized carbons (Fsp3) is 0.0625. The first kappa shape index (κ1) is 14.2. The largest absolute Gasteiger partial charge is 0.382 e. The van der Waals surface area contributed by atoms with Gasteiger partial charge in [-0.1, -0.05) is 47.5 Å². The summed E-state index contributed by atoms with van der Waals surface area (Å²) >= 11 is 9.57. The van der Waals surface area contributed by atoms with Gasteiger partial charge in [0.15, 0.2) is 5.82 Å². The van der Waals surface area contributed by atoms with Crippen LogP contribution in [0, 0.1) is 6.92 Å². The van der Waals surface area contributed by atoms with Crippen molar-refractivity contribution in [1.29, 1.82) is 0 Å². The van der Waals surface area contributed by atoms with E-state index in [1.807, 2.05) is 30.3 Å². The fourth-order valence-electron chi connectivity index (χ4n) is 2.23. The Kier molecular flexibility index (Phi) is 3.74. The van der Waals surface area contributed by atoms with Crippen molar-refractivity contribution in [1.82, 2.24) is 10.2 Å². The third kappa shape index (κ3) is 2.69. The summed E-state index contributed by atoms with van der Waals surface area (Å²) < 4.78 is 0.859. The van der Waals surface area contributed by atoms with Crippen LogP contribution in [0.15, 0.2) is 46.9 Å². The molecular formula is C16H13BrClN3. The molecule has 0 aliphatic heterocycles. The predicted octanol–water partition coefficient (Wildman–Crippen LogP) is 5.05. The molecule has 0 aliphatic rings. The summed E-state index contributed by atoms with van der Waals surface area (Å²) in [5.74, 6) is 0.480. The Bertz CT molecular complexity index is 794. The van der Waals surface area contributed by atoms with Crippen molar-refractivity contribution < 1.29 is 0 Å². The highest BCUT2D eigenvalue weighted by Crippen LogP contribution is 2.36. The van der Waals surface area contributed by atoms with Gasteiger partial charge in [-0.2, -0.15) is 5.10 Å². The van der Waals surface area contributed by atoms with E-state index in [1.54, 1.807) is 0 Å². The minimum absolute atomic E-state index is 0.480. The summed E-state index contributed by atoms with van der Waals surface area (Å²) in [6.45, 7) is 2.05. The SMILES string of the molecule is Cc1ccc(-c2c(N)n[nH]c2-c2ccc(Br)c(Cl)c2)cc1. The molecule has 0 saturated heterocycles. The summed E-state index contributed by atoms with van der Waals surface area (Å²) in [7, 11) is 0. The third-order valence-electron chi connectivity index (χ3n) is 3.34. The molecule has 0 fully saturated rings. The Morgan fingerprint density at radius 1 is 1.10 bits per heavy atom. The number of rotatable bonds is 2. The minimum Gasteiger partial charge on any atom is -0.382 e. The van der Waals surface area contributed by atoms with Gasteiger partial charge in [-0.15, -0.1) is 0 Å². The molecule has 1 aromatic heterocycles. The van der Waals surface area contributed by atoms with E-state index in [9.17, 15) is 0 Å². The van der Waals surface area contributed by atoms with Gasteiger partial charge in [0.05, 0.1) is 16.3 Å². The molecule has 0 bridgehead atoms. The predicted molar refractivity (Wildman–Crippen MR) is 91.3 cm³/mol. The van der Waals surface area contributed by atoms with Crippen LogP contribution in [0.2, 0.25) is 5.02 Å². The molecule has 0 unspecified atom stereocenters. The van der Waals surface area contributed by atoms with Gasteiger partial charge in [-0.25, -0.2) is 0 Å². The van der Waals surface area contributed by atoms with Crippen molar-refractivity contribution >= 4 is 33.3 Å². The van der Waals surface area contributed by atoms with Crippen LogP contribution in [-0.2, 0) is 0 Å². The normalized spacial score (nSPS) is 10.8. The summed E-state index contributed by atoms with van der Waals surface area (Å²) in [6.07, 6.45) is 0. The van der Waals surface area contributed by atoms with Crippen LogP contribution in [0.4, 0.5) is 5.82 Å². The molecule has 0 atom stereocenters. The zero-order valence-corrected chi connectivity index (χ0v) is 13.7. The van der Waals surface area contributed by atoms with Gasteiger partial charge in [-0.3, -0.25) is 5.10 Å². The van der Waals surface area contributed by atoms with Gasteiger partial charge < -0.3 is 5.73 Å². The highest BCUT2D eigenvalue weighted by Gasteiger charge is 2.15. The van der Waals surface area contributed by atoms with Crippen LogP contribution < -0.4 is 5.73 Å². The molecule has 1 heterocycles. The molecule has 5 heteroatoms. The highest BCUT2D eigenvalue weighted by atomic mass is 79.9. The van der Waals surface area contributed by atoms with Gasteiger partial charge in [0, 0.05) is 10.0 Å². The Labute approximate surface area is 136 Å². The number of H-pyrrole nitrogens is 1. The van der Waals surface area contributed by atoms with Crippen molar-refractivity contribution in [3.8, 4) is 22.4 Å². The fourth-order valence-corrected chi connectivity index (χ4v) is 2.66. The Balaban J connectivity index is 2.16. The standard InChI is InChI=1S/C16H13BrClN3/c1-9-2-4-10(5-3-9)14-15(20-21-16(14)19)11-6-7-12(17)13(18)8-11/h2-8H,1H3,(H3,19,20,21). The molecular weight excluding hydrogens is 350 g/mol. The lowest BCUT2D eigenvalue weighted by Crippen LogP contribution is -1.89. The van der Waals surface area contributed by atoms with E-state index in [0.29, 0.717) is 10.8 Å². The zero-order chi connectivity index (χ0) is 15.0. The molecule has 3 aromatic rings. The van der Waals surface area contributed by atoms with Crippen LogP contribution in [0.1, 0.15) is 5.56 Å². The quantitative estimate of drug-likeness (QED) is 0.670. The van der Waals surface area contributed by atoms with Crippen molar-refractivity contribution in [2.45, 2.75) is 6.92 Å². The van der Waals surface area contributed by atoms with Crippen molar-refractivity contribution in [2.24, 2.45) is 0 Å². The van der Waals surface area contributed by atoms with Crippen LogP contribution in [0.3, 0.4) is 0 Å². The molecule has 0 saturated carbocycles. The number of nitrogens with zero attached hydrogens (tertiary/aromatic N) is 1. The summed E-state index contributed by atoms with van der Waals surface area (Å²) in [5.41, 5.74) is 11.0. The smallest absolute Gasteiger partial charge is 0.153 e. The maximum atomic E-state index is 6.18. The van der Waals surface area contributed by atoms with Crippen molar-refractivity contribution in [3.05, 3.63) is 57.5 Å². The maximum absolute atomic E-state index is 6.18. The van der Waals surface area contributed by atoms with Crippen LogP contribution >= 0.6 is 27.5 Å². The number of aromatic nitrogens is 2. The molecule has 21 heavy (non-hydrogen) atoms. The molecule has 3 N–H and O–H groups in total. The maximum Gasteiger partial charge on any atom is 0.153 e. The molecule has 0 amide bonds. The zero-order valence-electron chi connectivity index (χ0n) is 11.3. The first-order chi connectivity index (χ1) is 10.1. The summed E-state index contributed by atoms with van der Waals surface area (Å²) in [4.78, 5) is 0. The molecule has 0 radical (unpaired) electrons. The van der Waals surface area contributed by atoms with Crippen molar-refractivity contribution in [2.75, 3.05) is 5.73 Å². The number of nitrogen functional groups attached to an aromatic ring is 1. The lowest BCUT2D eigenvalue weighted by molar-refractivity contribution is 1.10. The number of hydrogen-bond donors (Lipinski definition) is 2. The number of aromatic amines is 1. The minimum atomic E-state index is 0.480. The van der Waals surface area contributed by atoms with Gasteiger partial charge >= 0.3 is 0 Å². The van der Waals surface area contributed by atoms with Gasteiger partial charge in [-0.05, 0) is 40.5 Å². The molecule has 0 aliphatic carbocycles. The van der Waals surface area contributed by atoms with Crippen LogP contribution in [-0.4, -0.2) is 10.2 Å². The Morgan fingerprint density at radius 2 is 1.76 bits per heavy atom. The molecule has 0 spiro atoms. The highest BCUT2D eigenvalue weighted by molar-refractivity contribution is 9.10. The van der Waals surface area contributed by atoms with E-state index < -0.39 is 0 Å². The van der Waals surface area contributed by atoms with Gasteiger partial charge in [0.1, 0.15) is 0 Å². The second-order valence-corrected chi connectivity index (χ2v) is 6.12. The first-order valence-corrected chi connectivity index (χ1v) is 7.59. The number of nitrogens with two attached hydrogens (primary N) is 1. The Morgan fingerprint density at radius 3 is 2.43 bits per heavy atom. The molecule has 3 rings (SSSR count). The topological polar surface area (TPSA) is 54.7 Å². The average molecular weight is 363 g/mol. The monoisotopic (exact) mass is 361 g/mol. The number of halogens is 2. The summed E-state index contributed by atoms with van der Waals surface area (Å²) in [5, 5.41) is 7.79. The summed E-state index contributed by atoms with van der Waals surface area (Å²) in [6, 6.07) is 14.0. The molecule has 2 aromatic carbocycles. The lowest BCUT2D eigenvalue weighted by atomic mass is 10.00. The van der Waals surface area contributed by atoms with Crippen LogP contribution in [0.5, 0.6) is 0 Å². The number of benzene rings is 2. The average Bonchev–Trinajstić information content (AvgIpc) is 2.85. The van der Waals surface area contributed by atoms with Crippen LogP contribution in [0.25, 0.3) is 22.4 Å². The number of nitrogens with one attached hydrogen (secondary N) is 1. The van der Waals surface area contributed by atoms with Crippen molar-refractivity contribution in [3.63, 3.8) is 0 Å². The van der Waals surface area contributed by atoms with Gasteiger partial charge in [0.2, 0.25) is 0 Å². The van der Waals surface area contributed by atoms with Gasteiger partial charge in [0.25, 0.3) is 0 Å². The van der Waals surface area contributed by atoms with E-state index in [-0.39, 0.29) is 0 Å². The Hall–Kier alpha value is -1.78. The molecule has 106 valence electrons. The molecule has 3 nitrogen and oxygen atoms in total. The number of hydrogen-bond acceptors (Lipinski definition) is 2. The third-order valence-corrected chi connectivity index (χ3v) is 4.58. The second kappa shape index (κ2) is 5.54. The number of aryl methyl sites for hydroxylation is 1. The second-order valence-electron chi connectivity index (χ2n) is 4.85. The first-order valence-electron chi connectivity index (χ1n) is 6.42. The van der Waals surface area contributed by atoms with E-state index in [1.165, 1.54) is 5.56 Å². The number of anilines is 1. The van der Waals surface area contributed by atoms with E-state index in [0.717, 1.165) is 26.9 Å². The lowest BCUT2D eigenvalue weighted by Gasteiger charge is -2.06. The van der Waals surface area contributed by atoms with E-state index in [4.69, 9.17) is 17.3 Å².